The molecule has 0 unspecified atom stereocenters. The lowest BCUT2D eigenvalue weighted by molar-refractivity contribution is 0.493. The lowest BCUT2D eigenvalue weighted by Gasteiger charge is -1.96. The SMILES string of the molecule is [c]1cccn1Cc1ccco1. The Bertz CT molecular complexity index is 262. The fraction of sp³-hybridized carbons (Fsp3) is 0.111. The Labute approximate surface area is 65.1 Å². The molecule has 0 aliphatic carbocycles. The largest absolute Gasteiger partial charge is 0.467 e. The first-order valence-electron chi connectivity index (χ1n) is 3.50. The maximum absolute atomic E-state index is 5.17. The summed E-state index contributed by atoms with van der Waals surface area (Å²) in [5.74, 6) is 0.956. The molecule has 0 bridgehead atoms. The molecule has 0 saturated carbocycles. The zero-order chi connectivity index (χ0) is 7.52. The van der Waals surface area contributed by atoms with Gasteiger partial charge < -0.3 is 8.98 Å². The number of rotatable bonds is 2. The summed E-state index contributed by atoms with van der Waals surface area (Å²) in [6.07, 6.45) is 6.67. The van der Waals surface area contributed by atoms with Gasteiger partial charge in [-0.05, 0) is 24.3 Å². The van der Waals surface area contributed by atoms with Gasteiger partial charge in [0.05, 0.1) is 19.0 Å². The van der Waals surface area contributed by atoms with E-state index in [2.05, 4.69) is 6.20 Å². The van der Waals surface area contributed by atoms with Crippen molar-refractivity contribution in [3.63, 3.8) is 0 Å². The summed E-state index contributed by atoms with van der Waals surface area (Å²) in [6.45, 7) is 0.764. The Hall–Kier alpha value is -1.44. The van der Waals surface area contributed by atoms with Gasteiger partial charge in [0, 0.05) is 6.20 Å². The highest BCUT2D eigenvalue weighted by molar-refractivity contribution is 5.00. The minimum Gasteiger partial charge on any atom is -0.467 e. The van der Waals surface area contributed by atoms with E-state index < -0.39 is 0 Å². The molecule has 0 aromatic carbocycles. The molecule has 2 aromatic heterocycles. The van der Waals surface area contributed by atoms with Crippen LogP contribution in [0.1, 0.15) is 5.76 Å². The lowest BCUT2D eigenvalue weighted by Crippen LogP contribution is -1.93. The Kier molecular flexibility index (Phi) is 1.52. The van der Waals surface area contributed by atoms with Crippen LogP contribution in [0.3, 0.4) is 0 Å². The number of hydrogen-bond acceptors (Lipinski definition) is 1. The first-order chi connectivity index (χ1) is 5.45. The molecule has 2 heterocycles. The van der Waals surface area contributed by atoms with Crippen molar-refractivity contribution in [2.45, 2.75) is 6.54 Å². The zero-order valence-electron chi connectivity index (χ0n) is 6.03. The van der Waals surface area contributed by atoms with Crippen molar-refractivity contribution in [1.82, 2.24) is 4.57 Å². The first-order valence-corrected chi connectivity index (χ1v) is 3.50. The Morgan fingerprint density at radius 3 is 3.09 bits per heavy atom. The van der Waals surface area contributed by atoms with Crippen LogP contribution in [-0.2, 0) is 6.54 Å². The molecule has 1 radical (unpaired) electrons. The topological polar surface area (TPSA) is 18.1 Å². The third kappa shape index (κ3) is 1.34. The van der Waals surface area contributed by atoms with Crippen LogP contribution in [0, 0.1) is 6.20 Å². The van der Waals surface area contributed by atoms with Crippen molar-refractivity contribution in [3.8, 4) is 0 Å². The molecule has 0 amide bonds. The molecule has 0 saturated heterocycles. The van der Waals surface area contributed by atoms with E-state index in [0.29, 0.717) is 0 Å². The smallest absolute Gasteiger partial charge is 0.123 e. The third-order valence-electron chi connectivity index (χ3n) is 1.51. The highest BCUT2D eigenvalue weighted by atomic mass is 16.3. The fourth-order valence-electron chi connectivity index (χ4n) is 0.998. The van der Waals surface area contributed by atoms with Gasteiger partial charge in [-0.15, -0.1) is 0 Å². The summed E-state index contributed by atoms with van der Waals surface area (Å²) in [6, 6.07) is 7.67. The quantitative estimate of drug-likeness (QED) is 0.633. The average Bonchev–Trinajstić information content (AvgIpc) is 2.60. The predicted octanol–water partition coefficient (Wildman–Crippen LogP) is 1.93. The van der Waals surface area contributed by atoms with Gasteiger partial charge in [0.1, 0.15) is 5.76 Å². The van der Waals surface area contributed by atoms with Crippen LogP contribution in [0.5, 0.6) is 0 Å². The van der Waals surface area contributed by atoms with Gasteiger partial charge in [-0.25, -0.2) is 0 Å². The van der Waals surface area contributed by atoms with E-state index in [0.717, 1.165) is 12.3 Å². The van der Waals surface area contributed by atoms with Gasteiger partial charge in [-0.1, -0.05) is 0 Å². The van der Waals surface area contributed by atoms with E-state index in [4.69, 9.17) is 4.42 Å². The molecule has 0 spiro atoms. The average molecular weight is 146 g/mol. The molecule has 2 rings (SSSR count). The van der Waals surface area contributed by atoms with Crippen molar-refractivity contribution >= 4 is 0 Å². The van der Waals surface area contributed by atoms with Gasteiger partial charge >= 0.3 is 0 Å². The molecular weight excluding hydrogens is 138 g/mol. The van der Waals surface area contributed by atoms with Crippen molar-refractivity contribution in [1.29, 1.82) is 0 Å². The highest BCUT2D eigenvalue weighted by Gasteiger charge is 1.94. The second-order valence-electron chi connectivity index (χ2n) is 2.34. The second kappa shape index (κ2) is 2.66. The number of hydrogen-bond donors (Lipinski definition) is 0. The standard InChI is InChI=1S/C9H8NO/c1-2-6-10(5-1)8-9-4-3-7-11-9/h1-5,7H,8H2. The molecule has 0 fully saturated rings. The second-order valence-corrected chi connectivity index (χ2v) is 2.34. The van der Waals surface area contributed by atoms with Gasteiger partial charge in [0.15, 0.2) is 0 Å². The van der Waals surface area contributed by atoms with Crippen molar-refractivity contribution < 1.29 is 4.42 Å². The van der Waals surface area contributed by atoms with Gasteiger partial charge in [-0.3, -0.25) is 0 Å². The van der Waals surface area contributed by atoms with E-state index in [-0.39, 0.29) is 0 Å². The van der Waals surface area contributed by atoms with Gasteiger partial charge in [-0.2, -0.15) is 0 Å². The van der Waals surface area contributed by atoms with E-state index in [9.17, 15) is 0 Å². The minimum atomic E-state index is 0.764. The molecule has 0 atom stereocenters. The van der Waals surface area contributed by atoms with Crippen LogP contribution in [-0.4, -0.2) is 4.57 Å². The Balaban J connectivity index is 2.14. The maximum Gasteiger partial charge on any atom is 0.123 e. The summed E-state index contributed by atoms with van der Waals surface area (Å²) >= 11 is 0. The molecule has 2 heteroatoms. The van der Waals surface area contributed by atoms with E-state index in [1.807, 2.05) is 35.0 Å². The van der Waals surface area contributed by atoms with E-state index in [1.54, 1.807) is 6.26 Å². The fourth-order valence-corrected chi connectivity index (χ4v) is 0.998. The molecule has 0 aliphatic rings. The first kappa shape index (κ1) is 6.28. The van der Waals surface area contributed by atoms with Crippen LogP contribution in [0.25, 0.3) is 0 Å². The summed E-state index contributed by atoms with van der Waals surface area (Å²) < 4.78 is 7.11. The van der Waals surface area contributed by atoms with Gasteiger partial charge in [0.25, 0.3) is 0 Å². The van der Waals surface area contributed by atoms with Crippen LogP contribution >= 0.6 is 0 Å². The van der Waals surface area contributed by atoms with Crippen LogP contribution in [0.4, 0.5) is 0 Å². The summed E-state index contributed by atoms with van der Waals surface area (Å²) in [5.41, 5.74) is 0. The minimum absolute atomic E-state index is 0.764. The third-order valence-corrected chi connectivity index (χ3v) is 1.51. The van der Waals surface area contributed by atoms with Crippen molar-refractivity contribution in [2.75, 3.05) is 0 Å². The van der Waals surface area contributed by atoms with Crippen LogP contribution in [0.15, 0.2) is 41.1 Å². The number of furan rings is 1. The molecule has 2 aromatic rings. The number of nitrogens with zero attached hydrogens (tertiary/aromatic N) is 1. The van der Waals surface area contributed by atoms with Gasteiger partial charge in [0.2, 0.25) is 0 Å². The summed E-state index contributed by atoms with van der Waals surface area (Å²) in [5, 5.41) is 0. The lowest BCUT2D eigenvalue weighted by atomic mass is 10.4. The monoisotopic (exact) mass is 146 g/mol. The van der Waals surface area contributed by atoms with Crippen molar-refractivity contribution in [3.05, 3.63) is 48.7 Å². The number of aromatic nitrogens is 1. The summed E-state index contributed by atoms with van der Waals surface area (Å²) in [7, 11) is 0. The molecule has 0 aliphatic heterocycles. The summed E-state index contributed by atoms with van der Waals surface area (Å²) in [4.78, 5) is 0. The van der Waals surface area contributed by atoms with Crippen molar-refractivity contribution in [2.24, 2.45) is 0 Å². The molecule has 11 heavy (non-hydrogen) atoms. The molecule has 55 valence electrons. The van der Waals surface area contributed by atoms with E-state index in [1.165, 1.54) is 0 Å². The Morgan fingerprint density at radius 2 is 2.45 bits per heavy atom. The normalized spacial score (nSPS) is 10.2. The van der Waals surface area contributed by atoms with E-state index >= 15 is 0 Å². The molecule has 2 nitrogen and oxygen atoms in total. The highest BCUT2D eigenvalue weighted by Crippen LogP contribution is 2.02. The molecule has 0 N–H and O–H groups in total. The molecular formula is C9H8NO. The zero-order valence-corrected chi connectivity index (χ0v) is 6.03. The predicted molar refractivity (Wildman–Crippen MR) is 41.1 cm³/mol. The Morgan fingerprint density at radius 1 is 1.45 bits per heavy atom. The van der Waals surface area contributed by atoms with Crippen LogP contribution in [0.2, 0.25) is 0 Å². The maximum atomic E-state index is 5.17. The van der Waals surface area contributed by atoms with Crippen LogP contribution < -0.4 is 0 Å².